The van der Waals surface area contributed by atoms with Crippen LogP contribution in [0.15, 0.2) is 29.4 Å². The fourth-order valence-electron chi connectivity index (χ4n) is 2.19. The predicted octanol–water partition coefficient (Wildman–Crippen LogP) is 2.56. The molecule has 0 saturated carbocycles. The van der Waals surface area contributed by atoms with Gasteiger partial charge in [0.1, 0.15) is 11.5 Å². The summed E-state index contributed by atoms with van der Waals surface area (Å²) in [5.74, 6) is -0.650. The molecular formula is C14H15F3N2O3. The lowest BCUT2D eigenvalue weighted by Crippen LogP contribution is -2.45. The lowest BCUT2D eigenvalue weighted by Gasteiger charge is -2.30. The molecule has 1 aliphatic heterocycles. The van der Waals surface area contributed by atoms with E-state index in [1.165, 1.54) is 26.2 Å². The molecule has 0 saturated heterocycles. The van der Waals surface area contributed by atoms with E-state index < -0.39 is 29.9 Å². The number of ether oxygens (including phenoxy) is 1. The second kappa shape index (κ2) is 5.60. The molecule has 2 rings (SSSR count). The summed E-state index contributed by atoms with van der Waals surface area (Å²) < 4.78 is 43.5. The highest BCUT2D eigenvalue weighted by Gasteiger charge is 2.51. The standard InChI is InChI=1S/C14H15F3N2O3/c1-3-13(21)8-11(14(15,16)17)18-19(13)12(20)9-6-4-5-7-10(9)22-2/h4-7,21H,3,8H2,1-2H3. The Kier molecular flexibility index (Phi) is 4.15. The number of hydrazone groups is 1. The van der Waals surface area contributed by atoms with Crippen LogP contribution in [0.5, 0.6) is 5.75 Å². The number of carbonyl (C=O) groups is 1. The van der Waals surface area contributed by atoms with Crippen LogP contribution in [-0.4, -0.2) is 40.7 Å². The van der Waals surface area contributed by atoms with Gasteiger partial charge in [-0.05, 0) is 18.6 Å². The first-order chi connectivity index (χ1) is 10.2. The van der Waals surface area contributed by atoms with Crippen molar-refractivity contribution in [2.24, 2.45) is 5.10 Å². The maximum Gasteiger partial charge on any atom is 0.431 e. The van der Waals surface area contributed by atoms with Crippen LogP contribution >= 0.6 is 0 Å². The van der Waals surface area contributed by atoms with Crippen molar-refractivity contribution >= 4 is 11.6 Å². The molecule has 120 valence electrons. The van der Waals surface area contributed by atoms with Crippen molar-refractivity contribution in [2.45, 2.75) is 31.7 Å². The maximum absolute atomic E-state index is 12.8. The third-order valence-corrected chi connectivity index (χ3v) is 3.49. The van der Waals surface area contributed by atoms with Gasteiger partial charge in [0, 0.05) is 6.42 Å². The van der Waals surface area contributed by atoms with Gasteiger partial charge in [-0.2, -0.15) is 23.3 Å². The van der Waals surface area contributed by atoms with Crippen LogP contribution in [0.4, 0.5) is 13.2 Å². The summed E-state index contributed by atoms with van der Waals surface area (Å²) >= 11 is 0. The second-order valence-corrected chi connectivity index (χ2v) is 4.87. The molecule has 1 atom stereocenters. The van der Waals surface area contributed by atoms with E-state index in [1.54, 1.807) is 12.1 Å². The highest BCUT2D eigenvalue weighted by molar-refractivity contribution is 6.01. The monoisotopic (exact) mass is 316 g/mol. The van der Waals surface area contributed by atoms with Crippen molar-refractivity contribution < 1.29 is 27.8 Å². The molecule has 0 aliphatic carbocycles. The number of hydrogen-bond acceptors (Lipinski definition) is 4. The quantitative estimate of drug-likeness (QED) is 0.932. The van der Waals surface area contributed by atoms with Crippen LogP contribution in [0.1, 0.15) is 30.1 Å². The average Bonchev–Trinajstić information content (AvgIpc) is 2.85. The Hall–Kier alpha value is -2.09. The number of halogens is 3. The zero-order chi connectivity index (χ0) is 16.5. The van der Waals surface area contributed by atoms with Crippen molar-refractivity contribution in [3.05, 3.63) is 29.8 Å². The normalized spacial score (nSPS) is 21.7. The van der Waals surface area contributed by atoms with Crippen LogP contribution in [0.2, 0.25) is 0 Å². The minimum Gasteiger partial charge on any atom is -0.496 e. The highest BCUT2D eigenvalue weighted by Crippen LogP contribution is 2.36. The highest BCUT2D eigenvalue weighted by atomic mass is 19.4. The Morgan fingerprint density at radius 3 is 2.64 bits per heavy atom. The Morgan fingerprint density at radius 1 is 1.45 bits per heavy atom. The number of amides is 1. The van der Waals surface area contributed by atoms with Gasteiger partial charge in [0.25, 0.3) is 5.91 Å². The molecule has 0 fully saturated rings. The van der Waals surface area contributed by atoms with E-state index in [2.05, 4.69) is 5.10 Å². The fraction of sp³-hybridized carbons (Fsp3) is 0.429. The van der Waals surface area contributed by atoms with Crippen LogP contribution in [0, 0.1) is 0 Å². The maximum atomic E-state index is 12.8. The van der Waals surface area contributed by atoms with Crippen molar-refractivity contribution in [1.82, 2.24) is 5.01 Å². The first kappa shape index (κ1) is 16.3. The van der Waals surface area contributed by atoms with Crippen LogP contribution < -0.4 is 4.74 Å². The molecule has 5 nitrogen and oxygen atoms in total. The smallest absolute Gasteiger partial charge is 0.431 e. The molecule has 1 unspecified atom stereocenters. The molecule has 22 heavy (non-hydrogen) atoms. The van der Waals surface area contributed by atoms with Gasteiger partial charge in [-0.3, -0.25) is 4.79 Å². The van der Waals surface area contributed by atoms with E-state index in [-0.39, 0.29) is 17.7 Å². The molecule has 1 aliphatic rings. The summed E-state index contributed by atoms with van der Waals surface area (Å²) in [6.45, 7) is 1.48. The molecule has 8 heteroatoms. The SMILES string of the molecule is CCC1(O)CC(C(F)(F)F)=NN1C(=O)c1ccccc1OC. The number of para-hydroxylation sites is 1. The predicted molar refractivity (Wildman–Crippen MR) is 72.5 cm³/mol. The molecule has 1 aromatic rings. The second-order valence-electron chi connectivity index (χ2n) is 4.87. The Morgan fingerprint density at radius 2 is 2.09 bits per heavy atom. The van der Waals surface area contributed by atoms with Gasteiger partial charge in [-0.15, -0.1) is 0 Å². The van der Waals surface area contributed by atoms with E-state index in [9.17, 15) is 23.1 Å². The summed E-state index contributed by atoms with van der Waals surface area (Å²) in [6.07, 6.45) is -5.54. The Bertz CT molecular complexity index is 616. The van der Waals surface area contributed by atoms with Gasteiger partial charge in [-0.1, -0.05) is 19.1 Å². The summed E-state index contributed by atoms with van der Waals surface area (Å²) in [5.41, 5.74) is -3.15. The minimum atomic E-state index is -4.70. The number of rotatable bonds is 3. The Balaban J connectivity index is 2.44. The van der Waals surface area contributed by atoms with Crippen molar-refractivity contribution in [1.29, 1.82) is 0 Å². The lowest BCUT2D eigenvalue weighted by atomic mass is 10.0. The largest absolute Gasteiger partial charge is 0.496 e. The number of carbonyl (C=O) groups excluding carboxylic acids is 1. The molecule has 1 N–H and O–H groups in total. The zero-order valence-electron chi connectivity index (χ0n) is 12.0. The van der Waals surface area contributed by atoms with Gasteiger partial charge >= 0.3 is 6.18 Å². The number of aliphatic hydroxyl groups is 1. The van der Waals surface area contributed by atoms with Crippen molar-refractivity contribution in [3.63, 3.8) is 0 Å². The molecule has 0 spiro atoms. The average molecular weight is 316 g/mol. The fourth-order valence-corrected chi connectivity index (χ4v) is 2.19. The number of benzene rings is 1. The van der Waals surface area contributed by atoms with E-state index in [0.29, 0.717) is 5.01 Å². The molecular weight excluding hydrogens is 301 g/mol. The number of hydrogen-bond donors (Lipinski definition) is 1. The first-order valence-corrected chi connectivity index (χ1v) is 6.57. The van der Waals surface area contributed by atoms with E-state index >= 15 is 0 Å². The van der Waals surface area contributed by atoms with E-state index in [0.717, 1.165) is 0 Å². The van der Waals surface area contributed by atoms with Gasteiger partial charge < -0.3 is 9.84 Å². The summed E-state index contributed by atoms with van der Waals surface area (Å²) in [6, 6.07) is 6.07. The number of nitrogens with zero attached hydrogens (tertiary/aromatic N) is 2. The number of methoxy groups -OCH3 is 1. The van der Waals surface area contributed by atoms with E-state index in [4.69, 9.17) is 4.74 Å². The molecule has 1 heterocycles. The van der Waals surface area contributed by atoms with Gasteiger partial charge in [0.15, 0.2) is 5.72 Å². The van der Waals surface area contributed by atoms with Crippen LogP contribution in [-0.2, 0) is 0 Å². The summed E-state index contributed by atoms with van der Waals surface area (Å²) in [5, 5.41) is 14.1. The molecule has 0 aromatic heterocycles. The Labute approximate surface area is 125 Å². The van der Waals surface area contributed by atoms with Gasteiger partial charge in [-0.25, -0.2) is 0 Å². The number of alkyl halides is 3. The molecule has 0 radical (unpaired) electrons. The van der Waals surface area contributed by atoms with Gasteiger partial charge in [0.2, 0.25) is 0 Å². The topological polar surface area (TPSA) is 62.1 Å². The zero-order valence-corrected chi connectivity index (χ0v) is 12.0. The van der Waals surface area contributed by atoms with Crippen LogP contribution in [0.3, 0.4) is 0 Å². The van der Waals surface area contributed by atoms with Crippen molar-refractivity contribution in [2.75, 3.05) is 7.11 Å². The summed E-state index contributed by atoms with van der Waals surface area (Å²) in [7, 11) is 1.34. The van der Waals surface area contributed by atoms with Crippen LogP contribution in [0.25, 0.3) is 0 Å². The first-order valence-electron chi connectivity index (χ1n) is 6.57. The van der Waals surface area contributed by atoms with Crippen molar-refractivity contribution in [3.8, 4) is 5.75 Å². The minimum absolute atomic E-state index is 0.0315. The molecule has 1 aromatic carbocycles. The molecule has 0 bridgehead atoms. The third kappa shape index (κ3) is 2.78. The lowest BCUT2D eigenvalue weighted by molar-refractivity contribution is -0.0785. The molecule has 1 amide bonds. The van der Waals surface area contributed by atoms with E-state index in [1.807, 2.05) is 0 Å². The third-order valence-electron chi connectivity index (χ3n) is 3.49. The summed E-state index contributed by atoms with van der Waals surface area (Å²) in [4.78, 5) is 12.5. The van der Waals surface area contributed by atoms with Gasteiger partial charge in [0.05, 0.1) is 12.7 Å².